The number of rotatable bonds is 3. The number of hydrogen-bond donors (Lipinski definition) is 2. The van der Waals surface area contributed by atoms with Crippen LogP contribution < -0.4 is 11.1 Å². The molecular formula is C10H12FN5O. The first-order valence-corrected chi connectivity index (χ1v) is 5.01. The van der Waals surface area contributed by atoms with Crippen LogP contribution in [-0.2, 0) is 6.54 Å². The van der Waals surface area contributed by atoms with Gasteiger partial charge in [0.1, 0.15) is 5.76 Å². The second kappa shape index (κ2) is 4.36. The Morgan fingerprint density at radius 1 is 1.47 bits per heavy atom. The van der Waals surface area contributed by atoms with Gasteiger partial charge in [-0.3, -0.25) is 0 Å². The van der Waals surface area contributed by atoms with Gasteiger partial charge in [-0.25, -0.2) is 9.37 Å². The molecule has 0 aromatic carbocycles. The molecule has 0 unspecified atom stereocenters. The molecular weight excluding hydrogens is 225 g/mol. The van der Waals surface area contributed by atoms with Crippen molar-refractivity contribution in [2.45, 2.75) is 20.4 Å². The number of anilines is 2. The van der Waals surface area contributed by atoms with Crippen LogP contribution in [0.3, 0.4) is 0 Å². The topological polar surface area (TPSA) is 89.9 Å². The molecule has 6 nitrogen and oxygen atoms in total. The van der Waals surface area contributed by atoms with Gasteiger partial charge in [0, 0.05) is 12.1 Å². The maximum absolute atomic E-state index is 13.3. The summed E-state index contributed by atoms with van der Waals surface area (Å²) in [5.74, 6) is 0.230. The number of nitrogens with two attached hydrogens (primary N) is 1. The van der Waals surface area contributed by atoms with E-state index in [0.29, 0.717) is 12.3 Å². The Morgan fingerprint density at radius 3 is 2.88 bits per heavy atom. The summed E-state index contributed by atoms with van der Waals surface area (Å²) in [6, 6.07) is 0. The number of aryl methyl sites for hydroxylation is 2. The second-order valence-corrected chi connectivity index (χ2v) is 3.58. The van der Waals surface area contributed by atoms with Crippen LogP contribution in [-0.4, -0.2) is 15.1 Å². The smallest absolute Gasteiger partial charge is 0.222 e. The third-order valence-electron chi connectivity index (χ3n) is 2.38. The molecule has 2 aromatic heterocycles. The van der Waals surface area contributed by atoms with Crippen molar-refractivity contribution in [3.8, 4) is 0 Å². The fourth-order valence-electron chi connectivity index (χ4n) is 1.43. The van der Waals surface area contributed by atoms with Gasteiger partial charge in [0.25, 0.3) is 0 Å². The zero-order chi connectivity index (χ0) is 12.4. The van der Waals surface area contributed by atoms with E-state index in [1.807, 2.05) is 6.92 Å². The summed E-state index contributed by atoms with van der Waals surface area (Å²) in [5, 5.41) is 6.63. The van der Waals surface area contributed by atoms with Crippen molar-refractivity contribution in [3.63, 3.8) is 0 Å². The van der Waals surface area contributed by atoms with Gasteiger partial charge in [0.05, 0.1) is 11.9 Å². The van der Waals surface area contributed by atoms with Crippen molar-refractivity contribution in [3.05, 3.63) is 29.0 Å². The summed E-state index contributed by atoms with van der Waals surface area (Å²) in [6.07, 6.45) is 1.03. The largest absolute Gasteiger partial charge is 0.368 e. The zero-order valence-electron chi connectivity index (χ0n) is 9.49. The van der Waals surface area contributed by atoms with Crippen LogP contribution in [0, 0.1) is 19.7 Å². The summed E-state index contributed by atoms with van der Waals surface area (Å²) >= 11 is 0. The molecule has 0 aliphatic rings. The van der Waals surface area contributed by atoms with Crippen LogP contribution in [0.2, 0.25) is 0 Å². The highest BCUT2D eigenvalue weighted by Gasteiger charge is 2.10. The Labute approximate surface area is 97.0 Å². The number of nitrogen functional groups attached to an aromatic ring is 1. The van der Waals surface area contributed by atoms with Crippen LogP contribution in [0.15, 0.2) is 10.7 Å². The van der Waals surface area contributed by atoms with Crippen molar-refractivity contribution in [1.82, 2.24) is 15.1 Å². The van der Waals surface area contributed by atoms with E-state index in [1.54, 1.807) is 6.92 Å². The molecule has 0 atom stereocenters. The summed E-state index contributed by atoms with van der Waals surface area (Å²) in [6.45, 7) is 3.98. The SMILES string of the molecule is Cc1noc(C)c1CNc1nc(N)ncc1F. The Hall–Kier alpha value is -2.18. The summed E-state index contributed by atoms with van der Waals surface area (Å²) in [4.78, 5) is 7.30. The van der Waals surface area contributed by atoms with E-state index in [-0.39, 0.29) is 11.8 Å². The molecule has 0 aliphatic heterocycles. The van der Waals surface area contributed by atoms with Gasteiger partial charge in [0.15, 0.2) is 11.6 Å². The lowest BCUT2D eigenvalue weighted by Crippen LogP contribution is -2.07. The first-order chi connectivity index (χ1) is 8.08. The normalized spacial score (nSPS) is 10.5. The number of aromatic nitrogens is 3. The third kappa shape index (κ3) is 2.32. The Morgan fingerprint density at radius 2 is 2.24 bits per heavy atom. The maximum Gasteiger partial charge on any atom is 0.222 e. The highest BCUT2D eigenvalue weighted by atomic mass is 19.1. The number of halogens is 1. The molecule has 0 fully saturated rings. The van der Waals surface area contributed by atoms with Crippen molar-refractivity contribution < 1.29 is 8.91 Å². The lowest BCUT2D eigenvalue weighted by atomic mass is 10.2. The Bertz CT molecular complexity index is 520. The monoisotopic (exact) mass is 237 g/mol. The van der Waals surface area contributed by atoms with Crippen LogP contribution in [0.25, 0.3) is 0 Å². The van der Waals surface area contributed by atoms with Gasteiger partial charge in [-0.1, -0.05) is 5.16 Å². The third-order valence-corrected chi connectivity index (χ3v) is 2.38. The molecule has 0 bridgehead atoms. The fraction of sp³-hybridized carbons (Fsp3) is 0.300. The molecule has 2 heterocycles. The molecule has 90 valence electrons. The Kier molecular flexibility index (Phi) is 2.90. The highest BCUT2D eigenvalue weighted by Crippen LogP contribution is 2.16. The van der Waals surface area contributed by atoms with Crippen molar-refractivity contribution in [2.75, 3.05) is 11.1 Å². The molecule has 3 N–H and O–H groups in total. The number of hydrogen-bond acceptors (Lipinski definition) is 6. The van der Waals surface area contributed by atoms with E-state index in [4.69, 9.17) is 10.3 Å². The van der Waals surface area contributed by atoms with Gasteiger partial charge in [-0.15, -0.1) is 0 Å². The van der Waals surface area contributed by atoms with Crippen molar-refractivity contribution >= 4 is 11.8 Å². The lowest BCUT2D eigenvalue weighted by molar-refractivity contribution is 0.392. The van der Waals surface area contributed by atoms with Crippen LogP contribution in [0.4, 0.5) is 16.2 Å². The number of nitrogens with one attached hydrogen (secondary N) is 1. The zero-order valence-corrected chi connectivity index (χ0v) is 9.49. The molecule has 7 heteroatoms. The average molecular weight is 237 g/mol. The quantitative estimate of drug-likeness (QED) is 0.838. The van der Waals surface area contributed by atoms with E-state index >= 15 is 0 Å². The van der Waals surface area contributed by atoms with E-state index in [1.165, 1.54) is 0 Å². The molecule has 0 radical (unpaired) electrons. The van der Waals surface area contributed by atoms with E-state index in [2.05, 4.69) is 20.4 Å². The molecule has 0 amide bonds. The maximum atomic E-state index is 13.3. The predicted octanol–water partition coefficient (Wildman–Crippen LogP) is 1.41. The van der Waals surface area contributed by atoms with Gasteiger partial charge in [-0.2, -0.15) is 4.98 Å². The Balaban J connectivity index is 2.15. The molecule has 2 aromatic rings. The fourth-order valence-corrected chi connectivity index (χ4v) is 1.43. The first kappa shape index (κ1) is 11.3. The second-order valence-electron chi connectivity index (χ2n) is 3.58. The molecule has 2 rings (SSSR count). The van der Waals surface area contributed by atoms with E-state index in [9.17, 15) is 4.39 Å². The minimum Gasteiger partial charge on any atom is -0.368 e. The molecule has 0 aliphatic carbocycles. The summed E-state index contributed by atoms with van der Waals surface area (Å²) in [5.41, 5.74) is 7.01. The predicted molar refractivity (Wildman–Crippen MR) is 59.7 cm³/mol. The van der Waals surface area contributed by atoms with Crippen LogP contribution >= 0.6 is 0 Å². The lowest BCUT2D eigenvalue weighted by Gasteiger charge is -2.06. The molecule has 0 saturated heterocycles. The van der Waals surface area contributed by atoms with Crippen LogP contribution in [0.1, 0.15) is 17.0 Å². The van der Waals surface area contributed by atoms with Gasteiger partial charge in [0.2, 0.25) is 5.95 Å². The average Bonchev–Trinajstić information content (AvgIpc) is 2.61. The minimum absolute atomic E-state index is 0.0210. The summed E-state index contributed by atoms with van der Waals surface area (Å²) in [7, 11) is 0. The molecule has 0 saturated carbocycles. The van der Waals surface area contributed by atoms with Gasteiger partial charge in [-0.05, 0) is 13.8 Å². The van der Waals surface area contributed by atoms with Gasteiger partial charge >= 0.3 is 0 Å². The van der Waals surface area contributed by atoms with E-state index < -0.39 is 5.82 Å². The molecule has 17 heavy (non-hydrogen) atoms. The molecule has 0 spiro atoms. The first-order valence-electron chi connectivity index (χ1n) is 5.01. The van der Waals surface area contributed by atoms with Crippen LogP contribution in [0.5, 0.6) is 0 Å². The van der Waals surface area contributed by atoms with E-state index in [0.717, 1.165) is 17.5 Å². The summed E-state index contributed by atoms with van der Waals surface area (Å²) < 4.78 is 18.3. The minimum atomic E-state index is -0.550. The van der Waals surface area contributed by atoms with Crippen molar-refractivity contribution in [1.29, 1.82) is 0 Å². The standard InChI is InChI=1S/C10H12FN5O/c1-5-7(6(2)17-16-5)3-13-9-8(11)4-14-10(12)15-9/h4H,3H2,1-2H3,(H3,12,13,14,15). The van der Waals surface area contributed by atoms with Gasteiger partial charge < -0.3 is 15.6 Å². The number of nitrogens with zero attached hydrogens (tertiary/aromatic N) is 3. The van der Waals surface area contributed by atoms with Crippen molar-refractivity contribution in [2.24, 2.45) is 0 Å². The highest BCUT2D eigenvalue weighted by molar-refractivity contribution is 5.40.